The van der Waals surface area contributed by atoms with Crippen LogP contribution in [0.3, 0.4) is 0 Å². The van der Waals surface area contributed by atoms with Gasteiger partial charge >= 0.3 is 0 Å². The van der Waals surface area contributed by atoms with Crippen LogP contribution in [0, 0.1) is 0 Å². The number of hydrogen-bond donors (Lipinski definition) is 2. The van der Waals surface area contributed by atoms with E-state index in [1.807, 2.05) is 25.3 Å². The van der Waals surface area contributed by atoms with E-state index in [1.165, 1.54) is 0 Å². The zero-order chi connectivity index (χ0) is 11.3. The standard InChI is InChI=1S/C11H18N2OS/c1-8(14)9(2)15-11(6-12)10-4-3-5-13-7-10/h3-5,7-9,11,14H,6,12H2,1-2H3. The number of aliphatic hydroxyl groups excluding tert-OH is 1. The number of pyridine rings is 1. The second-order valence-electron chi connectivity index (χ2n) is 3.59. The summed E-state index contributed by atoms with van der Waals surface area (Å²) in [5.74, 6) is 0. The van der Waals surface area contributed by atoms with Crippen LogP contribution in [0.2, 0.25) is 0 Å². The first-order valence-corrected chi connectivity index (χ1v) is 6.03. The molecule has 1 heterocycles. The lowest BCUT2D eigenvalue weighted by Crippen LogP contribution is -2.20. The average molecular weight is 226 g/mol. The number of hydrogen-bond acceptors (Lipinski definition) is 4. The zero-order valence-corrected chi connectivity index (χ0v) is 9.95. The van der Waals surface area contributed by atoms with Gasteiger partial charge in [-0.1, -0.05) is 13.0 Å². The van der Waals surface area contributed by atoms with Crippen LogP contribution >= 0.6 is 11.8 Å². The molecule has 3 atom stereocenters. The van der Waals surface area contributed by atoms with Crippen molar-refractivity contribution in [1.29, 1.82) is 0 Å². The van der Waals surface area contributed by atoms with Crippen LogP contribution in [-0.2, 0) is 0 Å². The Hall–Kier alpha value is -0.580. The van der Waals surface area contributed by atoms with E-state index in [4.69, 9.17) is 5.73 Å². The molecule has 0 amide bonds. The Bertz CT molecular complexity index is 279. The smallest absolute Gasteiger partial charge is 0.0628 e. The van der Waals surface area contributed by atoms with E-state index in [0.717, 1.165) is 5.56 Å². The summed E-state index contributed by atoms with van der Waals surface area (Å²) in [6.07, 6.45) is 3.26. The molecule has 84 valence electrons. The number of thioether (sulfide) groups is 1. The Morgan fingerprint density at radius 2 is 2.27 bits per heavy atom. The molecule has 0 spiro atoms. The van der Waals surface area contributed by atoms with Crippen molar-refractivity contribution in [1.82, 2.24) is 4.98 Å². The molecule has 0 fully saturated rings. The molecule has 15 heavy (non-hydrogen) atoms. The first-order chi connectivity index (χ1) is 7.15. The lowest BCUT2D eigenvalue weighted by Gasteiger charge is -2.21. The highest BCUT2D eigenvalue weighted by molar-refractivity contribution is 8.00. The summed E-state index contributed by atoms with van der Waals surface area (Å²) in [6.45, 7) is 4.37. The topological polar surface area (TPSA) is 59.1 Å². The quantitative estimate of drug-likeness (QED) is 0.800. The van der Waals surface area contributed by atoms with Crippen molar-refractivity contribution in [2.24, 2.45) is 5.73 Å². The summed E-state index contributed by atoms with van der Waals surface area (Å²) in [5, 5.41) is 9.83. The van der Waals surface area contributed by atoms with Crippen LogP contribution in [0.25, 0.3) is 0 Å². The number of nitrogens with zero attached hydrogens (tertiary/aromatic N) is 1. The van der Waals surface area contributed by atoms with E-state index in [1.54, 1.807) is 24.9 Å². The van der Waals surface area contributed by atoms with Crippen molar-refractivity contribution >= 4 is 11.8 Å². The summed E-state index contributed by atoms with van der Waals surface area (Å²) in [4.78, 5) is 4.07. The highest BCUT2D eigenvalue weighted by atomic mass is 32.2. The van der Waals surface area contributed by atoms with Gasteiger partial charge in [-0.15, -0.1) is 11.8 Å². The minimum Gasteiger partial charge on any atom is -0.392 e. The maximum Gasteiger partial charge on any atom is 0.0628 e. The van der Waals surface area contributed by atoms with Gasteiger partial charge in [-0.05, 0) is 18.6 Å². The number of aliphatic hydroxyl groups is 1. The molecule has 0 aliphatic carbocycles. The third kappa shape index (κ3) is 3.81. The summed E-state index contributed by atoms with van der Waals surface area (Å²) < 4.78 is 0. The molecule has 3 unspecified atom stereocenters. The van der Waals surface area contributed by atoms with Crippen molar-refractivity contribution in [3.05, 3.63) is 30.1 Å². The van der Waals surface area contributed by atoms with Crippen LogP contribution in [0.5, 0.6) is 0 Å². The van der Waals surface area contributed by atoms with Crippen molar-refractivity contribution in [2.75, 3.05) is 6.54 Å². The van der Waals surface area contributed by atoms with Gasteiger partial charge < -0.3 is 10.8 Å². The molecule has 1 aromatic rings. The largest absolute Gasteiger partial charge is 0.392 e. The van der Waals surface area contributed by atoms with Crippen molar-refractivity contribution in [3.63, 3.8) is 0 Å². The first kappa shape index (κ1) is 12.5. The molecule has 0 aromatic carbocycles. The maximum atomic E-state index is 9.43. The fourth-order valence-corrected chi connectivity index (χ4v) is 2.36. The second-order valence-corrected chi connectivity index (χ2v) is 5.18. The fourth-order valence-electron chi connectivity index (χ4n) is 1.21. The highest BCUT2D eigenvalue weighted by Crippen LogP contribution is 2.31. The van der Waals surface area contributed by atoms with E-state index in [0.29, 0.717) is 6.54 Å². The first-order valence-electron chi connectivity index (χ1n) is 5.08. The number of rotatable bonds is 5. The molecule has 3 nitrogen and oxygen atoms in total. The highest BCUT2D eigenvalue weighted by Gasteiger charge is 2.17. The van der Waals surface area contributed by atoms with Gasteiger partial charge in [0.15, 0.2) is 0 Å². The molecule has 0 aliphatic rings. The average Bonchev–Trinajstić information content (AvgIpc) is 2.26. The summed E-state index contributed by atoms with van der Waals surface area (Å²) >= 11 is 1.69. The molecule has 0 bridgehead atoms. The molecule has 1 aromatic heterocycles. The molecular weight excluding hydrogens is 208 g/mol. The van der Waals surface area contributed by atoms with Crippen LogP contribution in [0.1, 0.15) is 24.7 Å². The van der Waals surface area contributed by atoms with Gasteiger partial charge in [0.1, 0.15) is 0 Å². The van der Waals surface area contributed by atoms with E-state index in [9.17, 15) is 5.11 Å². The van der Waals surface area contributed by atoms with Gasteiger partial charge in [-0.2, -0.15) is 0 Å². The van der Waals surface area contributed by atoms with E-state index in [-0.39, 0.29) is 16.6 Å². The zero-order valence-electron chi connectivity index (χ0n) is 9.13. The molecule has 4 heteroatoms. The van der Waals surface area contributed by atoms with Crippen LogP contribution in [-0.4, -0.2) is 28.0 Å². The Kier molecular flexibility index (Phi) is 5.08. The van der Waals surface area contributed by atoms with Gasteiger partial charge in [0.2, 0.25) is 0 Å². The molecule has 0 saturated heterocycles. The van der Waals surface area contributed by atoms with Crippen molar-refractivity contribution in [2.45, 2.75) is 30.5 Å². The van der Waals surface area contributed by atoms with Gasteiger partial charge in [0.05, 0.1) is 6.10 Å². The van der Waals surface area contributed by atoms with E-state index >= 15 is 0 Å². The minimum atomic E-state index is -0.319. The van der Waals surface area contributed by atoms with Crippen molar-refractivity contribution < 1.29 is 5.11 Å². The van der Waals surface area contributed by atoms with Gasteiger partial charge in [0, 0.05) is 29.4 Å². The molecule has 0 saturated carbocycles. The summed E-state index contributed by atoms with van der Waals surface area (Å²) in [6, 6.07) is 3.93. The molecule has 0 aliphatic heterocycles. The third-order valence-corrected chi connectivity index (χ3v) is 3.94. The SMILES string of the molecule is CC(O)C(C)SC(CN)c1cccnc1. The summed E-state index contributed by atoms with van der Waals surface area (Å²) in [5.41, 5.74) is 6.85. The normalized spacial score (nSPS) is 17.1. The second kappa shape index (κ2) is 6.10. The Morgan fingerprint density at radius 1 is 1.53 bits per heavy atom. The predicted molar refractivity (Wildman–Crippen MR) is 64.8 cm³/mol. The van der Waals surface area contributed by atoms with E-state index in [2.05, 4.69) is 4.98 Å². The molecule has 1 rings (SSSR count). The van der Waals surface area contributed by atoms with Crippen LogP contribution in [0.15, 0.2) is 24.5 Å². The Labute approximate surface area is 95.1 Å². The van der Waals surface area contributed by atoms with Gasteiger partial charge in [-0.25, -0.2) is 0 Å². The molecule has 3 N–H and O–H groups in total. The molecule has 0 radical (unpaired) electrons. The maximum absolute atomic E-state index is 9.43. The van der Waals surface area contributed by atoms with Gasteiger partial charge in [-0.3, -0.25) is 4.98 Å². The number of aromatic nitrogens is 1. The summed E-state index contributed by atoms with van der Waals surface area (Å²) in [7, 11) is 0. The minimum absolute atomic E-state index is 0.179. The Morgan fingerprint density at radius 3 is 2.73 bits per heavy atom. The number of nitrogens with two attached hydrogens (primary N) is 1. The third-order valence-electron chi connectivity index (χ3n) is 2.33. The van der Waals surface area contributed by atoms with Crippen molar-refractivity contribution in [3.8, 4) is 0 Å². The predicted octanol–water partition coefficient (Wildman–Crippen LogP) is 1.58. The fraction of sp³-hybridized carbons (Fsp3) is 0.545. The lowest BCUT2D eigenvalue weighted by molar-refractivity contribution is 0.196. The Balaban J connectivity index is 2.65. The molecular formula is C11H18N2OS. The van der Waals surface area contributed by atoms with Crippen LogP contribution in [0.4, 0.5) is 0 Å². The van der Waals surface area contributed by atoms with Gasteiger partial charge in [0.25, 0.3) is 0 Å². The lowest BCUT2D eigenvalue weighted by atomic mass is 10.2. The van der Waals surface area contributed by atoms with E-state index < -0.39 is 0 Å². The van der Waals surface area contributed by atoms with Crippen LogP contribution < -0.4 is 5.73 Å². The monoisotopic (exact) mass is 226 g/mol.